The molecule has 0 aliphatic heterocycles. The SMILES string of the molecule is N#Cc1cc(NCCOCC(F)(F)F)ccc1C(F)(F)F. The van der Waals surface area contributed by atoms with E-state index >= 15 is 0 Å². The highest BCUT2D eigenvalue weighted by Crippen LogP contribution is 2.32. The van der Waals surface area contributed by atoms with Crippen LogP contribution in [0.2, 0.25) is 0 Å². The maximum absolute atomic E-state index is 12.5. The second-order valence-corrected chi connectivity index (χ2v) is 3.96. The van der Waals surface area contributed by atoms with Crippen molar-refractivity contribution in [2.75, 3.05) is 25.1 Å². The third kappa shape index (κ3) is 5.91. The lowest BCUT2D eigenvalue weighted by atomic mass is 10.1. The van der Waals surface area contributed by atoms with Crippen LogP contribution in [0.25, 0.3) is 0 Å². The van der Waals surface area contributed by atoms with E-state index in [1.165, 1.54) is 6.07 Å². The number of alkyl halides is 6. The molecule has 0 spiro atoms. The third-order valence-electron chi connectivity index (χ3n) is 2.29. The van der Waals surface area contributed by atoms with E-state index in [1.807, 2.05) is 0 Å². The number of anilines is 1. The van der Waals surface area contributed by atoms with Gasteiger partial charge in [0.15, 0.2) is 0 Å². The average molecular weight is 312 g/mol. The van der Waals surface area contributed by atoms with Gasteiger partial charge in [-0.2, -0.15) is 31.6 Å². The molecule has 116 valence electrons. The van der Waals surface area contributed by atoms with Gasteiger partial charge in [0.25, 0.3) is 0 Å². The van der Waals surface area contributed by atoms with Crippen LogP contribution < -0.4 is 5.32 Å². The Morgan fingerprint density at radius 1 is 1.14 bits per heavy atom. The van der Waals surface area contributed by atoms with Gasteiger partial charge in [-0.05, 0) is 18.2 Å². The summed E-state index contributed by atoms with van der Waals surface area (Å²) in [5.41, 5.74) is -1.44. The molecular weight excluding hydrogens is 302 g/mol. The Balaban J connectivity index is 2.57. The lowest BCUT2D eigenvalue weighted by molar-refractivity contribution is -0.172. The van der Waals surface area contributed by atoms with E-state index in [0.717, 1.165) is 18.2 Å². The topological polar surface area (TPSA) is 45.0 Å². The van der Waals surface area contributed by atoms with E-state index in [-0.39, 0.29) is 18.8 Å². The summed E-state index contributed by atoms with van der Waals surface area (Å²) < 4.78 is 77.2. The molecule has 0 aromatic heterocycles. The van der Waals surface area contributed by atoms with Crippen molar-refractivity contribution in [2.24, 2.45) is 0 Å². The van der Waals surface area contributed by atoms with Crippen molar-refractivity contribution in [3.05, 3.63) is 29.3 Å². The van der Waals surface area contributed by atoms with Gasteiger partial charge in [0.2, 0.25) is 0 Å². The van der Waals surface area contributed by atoms with Crippen molar-refractivity contribution in [1.82, 2.24) is 0 Å². The van der Waals surface area contributed by atoms with Gasteiger partial charge in [0.05, 0.1) is 23.8 Å². The number of nitriles is 1. The van der Waals surface area contributed by atoms with Crippen LogP contribution in [0.3, 0.4) is 0 Å². The number of nitrogens with zero attached hydrogens (tertiary/aromatic N) is 1. The zero-order valence-corrected chi connectivity index (χ0v) is 10.5. The first-order chi connectivity index (χ1) is 9.63. The molecule has 0 radical (unpaired) electrons. The normalized spacial score (nSPS) is 12.0. The van der Waals surface area contributed by atoms with Gasteiger partial charge in [-0.1, -0.05) is 0 Å². The molecule has 0 aliphatic rings. The number of hydrogen-bond acceptors (Lipinski definition) is 3. The Bertz CT molecular complexity index is 518. The lowest BCUT2D eigenvalue weighted by Gasteiger charge is -2.12. The second-order valence-electron chi connectivity index (χ2n) is 3.96. The van der Waals surface area contributed by atoms with Crippen LogP contribution >= 0.6 is 0 Å². The summed E-state index contributed by atoms with van der Waals surface area (Å²) in [6, 6.07) is 4.23. The van der Waals surface area contributed by atoms with Crippen LogP contribution in [0, 0.1) is 11.3 Å². The maximum Gasteiger partial charge on any atom is 0.417 e. The molecule has 1 aromatic rings. The van der Waals surface area contributed by atoms with E-state index in [2.05, 4.69) is 10.1 Å². The van der Waals surface area contributed by atoms with E-state index in [4.69, 9.17) is 5.26 Å². The van der Waals surface area contributed by atoms with Gasteiger partial charge in [-0.3, -0.25) is 0 Å². The van der Waals surface area contributed by atoms with Crippen LogP contribution in [0.5, 0.6) is 0 Å². The Hall–Kier alpha value is -1.95. The van der Waals surface area contributed by atoms with E-state index in [0.29, 0.717) is 0 Å². The molecule has 21 heavy (non-hydrogen) atoms. The van der Waals surface area contributed by atoms with Gasteiger partial charge in [-0.15, -0.1) is 0 Å². The maximum atomic E-state index is 12.5. The summed E-state index contributed by atoms with van der Waals surface area (Å²) in [4.78, 5) is 0. The number of benzene rings is 1. The summed E-state index contributed by atoms with van der Waals surface area (Å²) in [5, 5.41) is 11.3. The van der Waals surface area contributed by atoms with Gasteiger partial charge < -0.3 is 10.1 Å². The third-order valence-corrected chi connectivity index (χ3v) is 2.29. The van der Waals surface area contributed by atoms with Gasteiger partial charge in [0, 0.05) is 12.2 Å². The Morgan fingerprint density at radius 3 is 2.33 bits per heavy atom. The fourth-order valence-electron chi connectivity index (χ4n) is 1.45. The molecule has 0 unspecified atom stereocenters. The molecular formula is C12H10F6N2O. The first kappa shape index (κ1) is 17.1. The molecule has 0 aliphatic carbocycles. The summed E-state index contributed by atoms with van der Waals surface area (Å²) in [7, 11) is 0. The van der Waals surface area contributed by atoms with Crippen molar-refractivity contribution in [3.8, 4) is 6.07 Å². The van der Waals surface area contributed by atoms with Gasteiger partial charge >= 0.3 is 12.4 Å². The molecule has 3 nitrogen and oxygen atoms in total. The smallest absolute Gasteiger partial charge is 0.383 e. The molecule has 1 rings (SSSR count). The minimum atomic E-state index is -4.64. The van der Waals surface area contributed by atoms with Gasteiger partial charge in [-0.25, -0.2) is 0 Å². The van der Waals surface area contributed by atoms with Crippen LogP contribution in [-0.2, 0) is 10.9 Å². The minimum Gasteiger partial charge on any atom is -0.383 e. The van der Waals surface area contributed by atoms with Crippen LogP contribution in [-0.4, -0.2) is 25.9 Å². The fraction of sp³-hybridized carbons (Fsp3) is 0.417. The summed E-state index contributed by atoms with van der Waals surface area (Å²) >= 11 is 0. The van der Waals surface area contributed by atoms with Crippen molar-refractivity contribution in [1.29, 1.82) is 5.26 Å². The number of halogens is 6. The van der Waals surface area contributed by atoms with Crippen molar-refractivity contribution in [2.45, 2.75) is 12.4 Å². The summed E-state index contributed by atoms with van der Waals surface area (Å²) in [5.74, 6) is 0. The predicted octanol–water partition coefficient (Wildman–Crippen LogP) is 3.57. The Labute approximate surface area is 116 Å². The average Bonchev–Trinajstić information content (AvgIpc) is 2.35. The largest absolute Gasteiger partial charge is 0.417 e. The molecule has 0 saturated carbocycles. The van der Waals surface area contributed by atoms with E-state index in [9.17, 15) is 26.3 Å². The molecule has 1 aromatic carbocycles. The lowest BCUT2D eigenvalue weighted by Crippen LogP contribution is -2.20. The highest BCUT2D eigenvalue weighted by atomic mass is 19.4. The monoisotopic (exact) mass is 312 g/mol. The standard InChI is InChI=1S/C12H10F6N2O/c13-11(14,15)7-21-4-3-20-9-1-2-10(12(16,17)18)8(5-9)6-19/h1-2,5,20H,3-4,7H2. The Morgan fingerprint density at radius 2 is 1.81 bits per heavy atom. The first-order valence-electron chi connectivity index (χ1n) is 5.63. The quantitative estimate of drug-likeness (QED) is 0.668. The number of nitrogens with one attached hydrogen (secondary N) is 1. The Kier molecular flexibility index (Phi) is 5.43. The molecule has 9 heteroatoms. The number of rotatable bonds is 5. The zero-order chi connectivity index (χ0) is 16.1. The number of ether oxygens (including phenoxy) is 1. The van der Waals surface area contributed by atoms with Crippen LogP contribution in [0.1, 0.15) is 11.1 Å². The fourth-order valence-corrected chi connectivity index (χ4v) is 1.45. The molecule has 1 N–H and O–H groups in total. The molecule has 0 atom stereocenters. The highest BCUT2D eigenvalue weighted by Gasteiger charge is 2.33. The van der Waals surface area contributed by atoms with Crippen molar-refractivity contribution >= 4 is 5.69 Å². The van der Waals surface area contributed by atoms with Crippen molar-refractivity contribution in [3.63, 3.8) is 0 Å². The first-order valence-corrected chi connectivity index (χ1v) is 5.63. The molecule has 0 heterocycles. The predicted molar refractivity (Wildman–Crippen MR) is 61.5 cm³/mol. The summed E-state index contributed by atoms with van der Waals surface area (Å²) in [6.45, 7) is -1.71. The van der Waals surface area contributed by atoms with Gasteiger partial charge in [0.1, 0.15) is 6.61 Å². The van der Waals surface area contributed by atoms with Crippen molar-refractivity contribution < 1.29 is 31.1 Å². The highest BCUT2D eigenvalue weighted by molar-refractivity contribution is 5.53. The number of hydrogen-bond donors (Lipinski definition) is 1. The summed E-state index contributed by atoms with van der Waals surface area (Å²) in [6.07, 6.45) is -9.07. The second kappa shape index (κ2) is 6.67. The molecule has 0 fully saturated rings. The minimum absolute atomic E-state index is 0.0354. The molecule has 0 saturated heterocycles. The zero-order valence-electron chi connectivity index (χ0n) is 10.5. The molecule has 0 bridgehead atoms. The molecule has 0 amide bonds. The van der Waals surface area contributed by atoms with E-state index < -0.39 is 30.1 Å². The van der Waals surface area contributed by atoms with E-state index in [1.54, 1.807) is 0 Å². The van der Waals surface area contributed by atoms with Crippen LogP contribution in [0.15, 0.2) is 18.2 Å². The van der Waals surface area contributed by atoms with Crippen LogP contribution in [0.4, 0.5) is 32.0 Å².